The van der Waals surface area contributed by atoms with Crippen LogP contribution >= 0.6 is 0 Å². The van der Waals surface area contributed by atoms with Crippen LogP contribution in [0.5, 0.6) is 0 Å². The lowest BCUT2D eigenvalue weighted by Gasteiger charge is -2.37. The molecule has 26 heavy (non-hydrogen) atoms. The number of aromatic nitrogens is 1. The van der Waals surface area contributed by atoms with E-state index in [1.807, 2.05) is 17.0 Å². The van der Waals surface area contributed by atoms with Crippen molar-refractivity contribution < 1.29 is 14.3 Å². The zero-order valence-corrected chi connectivity index (χ0v) is 15.4. The van der Waals surface area contributed by atoms with Crippen molar-refractivity contribution in [1.82, 2.24) is 9.88 Å². The molecule has 6 nitrogen and oxygen atoms in total. The second-order valence-electron chi connectivity index (χ2n) is 7.66. The minimum atomic E-state index is -0.448. The van der Waals surface area contributed by atoms with Gasteiger partial charge in [0, 0.05) is 32.0 Å². The fourth-order valence-corrected chi connectivity index (χ4v) is 4.26. The number of pyridine rings is 1. The number of ether oxygens (including phenoxy) is 2. The lowest BCUT2D eigenvalue weighted by atomic mass is 10.0. The van der Waals surface area contributed by atoms with Gasteiger partial charge in [-0.2, -0.15) is 0 Å². The SMILES string of the molecule is O=C(c1ccc(NC2CCCCCC2)cn1)N1CCC2(CC1)OCCO2. The summed E-state index contributed by atoms with van der Waals surface area (Å²) < 4.78 is 11.5. The van der Waals surface area contributed by atoms with Crippen molar-refractivity contribution in [2.45, 2.75) is 63.2 Å². The van der Waals surface area contributed by atoms with E-state index >= 15 is 0 Å². The first-order valence-electron chi connectivity index (χ1n) is 10.0. The predicted molar refractivity (Wildman–Crippen MR) is 99.1 cm³/mol. The largest absolute Gasteiger partial charge is 0.381 e. The number of piperidine rings is 1. The number of rotatable bonds is 3. The van der Waals surface area contributed by atoms with Crippen molar-refractivity contribution in [3.05, 3.63) is 24.0 Å². The second kappa shape index (κ2) is 7.92. The van der Waals surface area contributed by atoms with Gasteiger partial charge in [-0.15, -0.1) is 0 Å². The molecule has 3 heterocycles. The molecule has 0 unspecified atom stereocenters. The molecule has 1 aromatic rings. The second-order valence-corrected chi connectivity index (χ2v) is 7.66. The van der Waals surface area contributed by atoms with Crippen molar-refractivity contribution in [3.8, 4) is 0 Å². The van der Waals surface area contributed by atoms with E-state index < -0.39 is 5.79 Å². The van der Waals surface area contributed by atoms with E-state index in [0.717, 1.165) is 18.5 Å². The van der Waals surface area contributed by atoms with Gasteiger partial charge in [-0.05, 0) is 25.0 Å². The van der Waals surface area contributed by atoms with Gasteiger partial charge in [-0.1, -0.05) is 25.7 Å². The lowest BCUT2D eigenvalue weighted by Crippen LogP contribution is -2.47. The van der Waals surface area contributed by atoms with E-state index in [4.69, 9.17) is 9.47 Å². The molecule has 4 rings (SSSR count). The van der Waals surface area contributed by atoms with Gasteiger partial charge in [0.25, 0.3) is 5.91 Å². The molecular weight excluding hydrogens is 330 g/mol. The van der Waals surface area contributed by atoms with Crippen molar-refractivity contribution >= 4 is 11.6 Å². The van der Waals surface area contributed by atoms with Crippen LogP contribution in [0.3, 0.4) is 0 Å². The van der Waals surface area contributed by atoms with Crippen LogP contribution in [0.2, 0.25) is 0 Å². The molecule has 142 valence electrons. The molecule has 0 radical (unpaired) electrons. The number of amides is 1. The molecule has 3 aliphatic rings. The summed E-state index contributed by atoms with van der Waals surface area (Å²) >= 11 is 0. The normalized spacial score (nSPS) is 23.8. The number of nitrogens with zero attached hydrogens (tertiary/aromatic N) is 2. The number of hydrogen-bond acceptors (Lipinski definition) is 5. The molecule has 1 spiro atoms. The van der Waals surface area contributed by atoms with Crippen LogP contribution in [0.25, 0.3) is 0 Å². The maximum Gasteiger partial charge on any atom is 0.272 e. The first-order valence-corrected chi connectivity index (χ1v) is 10.0. The van der Waals surface area contributed by atoms with Gasteiger partial charge in [0.05, 0.1) is 25.1 Å². The highest BCUT2D eigenvalue weighted by molar-refractivity contribution is 5.92. The molecule has 1 aliphatic carbocycles. The molecule has 1 aromatic heterocycles. The summed E-state index contributed by atoms with van der Waals surface area (Å²) in [6.07, 6.45) is 11.0. The molecule has 3 fully saturated rings. The Labute approximate surface area is 155 Å². The van der Waals surface area contributed by atoms with Gasteiger partial charge in [-0.3, -0.25) is 4.79 Å². The number of nitrogens with one attached hydrogen (secondary N) is 1. The first-order chi connectivity index (χ1) is 12.7. The molecular formula is C20H29N3O3. The van der Waals surface area contributed by atoms with Crippen molar-refractivity contribution in [1.29, 1.82) is 0 Å². The fraction of sp³-hybridized carbons (Fsp3) is 0.700. The van der Waals surface area contributed by atoms with Gasteiger partial charge in [-0.25, -0.2) is 4.98 Å². The summed E-state index contributed by atoms with van der Waals surface area (Å²) in [5.74, 6) is -0.449. The van der Waals surface area contributed by atoms with Gasteiger partial charge < -0.3 is 19.7 Å². The molecule has 6 heteroatoms. The van der Waals surface area contributed by atoms with Crippen LogP contribution in [0.4, 0.5) is 5.69 Å². The average Bonchev–Trinajstić information content (AvgIpc) is 2.97. The third kappa shape index (κ3) is 4.01. The van der Waals surface area contributed by atoms with Crippen molar-refractivity contribution in [2.24, 2.45) is 0 Å². The summed E-state index contributed by atoms with van der Waals surface area (Å²) in [7, 11) is 0. The summed E-state index contributed by atoms with van der Waals surface area (Å²) in [4.78, 5) is 19.0. The van der Waals surface area contributed by atoms with Crippen molar-refractivity contribution in [3.63, 3.8) is 0 Å². The zero-order chi connectivity index (χ0) is 17.8. The molecule has 0 atom stereocenters. The minimum absolute atomic E-state index is 0.00105. The smallest absolute Gasteiger partial charge is 0.272 e. The van der Waals surface area contributed by atoms with Gasteiger partial charge in [0.15, 0.2) is 5.79 Å². The van der Waals surface area contributed by atoms with Crippen LogP contribution in [0.1, 0.15) is 61.9 Å². The number of anilines is 1. The summed E-state index contributed by atoms with van der Waals surface area (Å²) in [6, 6.07) is 4.36. The third-order valence-corrected chi connectivity index (χ3v) is 5.83. The quantitative estimate of drug-likeness (QED) is 0.840. The Balaban J connectivity index is 1.32. The monoisotopic (exact) mass is 359 g/mol. The number of hydrogen-bond donors (Lipinski definition) is 1. The zero-order valence-electron chi connectivity index (χ0n) is 15.4. The summed E-state index contributed by atoms with van der Waals surface area (Å²) in [5.41, 5.74) is 1.53. The Morgan fingerprint density at radius 3 is 2.38 bits per heavy atom. The molecule has 2 saturated heterocycles. The molecule has 0 bridgehead atoms. The van der Waals surface area contributed by atoms with Crippen LogP contribution in [0.15, 0.2) is 18.3 Å². The maximum absolute atomic E-state index is 12.7. The fourth-order valence-electron chi connectivity index (χ4n) is 4.26. The highest BCUT2D eigenvalue weighted by Gasteiger charge is 2.41. The van der Waals surface area contributed by atoms with Crippen LogP contribution < -0.4 is 5.32 Å². The first kappa shape index (κ1) is 17.7. The number of carbonyl (C=O) groups excluding carboxylic acids is 1. The highest BCUT2D eigenvalue weighted by Crippen LogP contribution is 2.31. The number of carbonyl (C=O) groups is 1. The Bertz CT molecular complexity index is 595. The van der Waals surface area contributed by atoms with Crippen molar-refractivity contribution in [2.75, 3.05) is 31.6 Å². The van der Waals surface area contributed by atoms with Crippen LogP contribution in [-0.2, 0) is 9.47 Å². The highest BCUT2D eigenvalue weighted by atomic mass is 16.7. The van der Waals surface area contributed by atoms with E-state index in [0.29, 0.717) is 38.0 Å². The van der Waals surface area contributed by atoms with E-state index in [-0.39, 0.29) is 5.91 Å². The average molecular weight is 359 g/mol. The van der Waals surface area contributed by atoms with Gasteiger partial charge in [0.2, 0.25) is 0 Å². The molecule has 2 aliphatic heterocycles. The standard InChI is InChI=1S/C20H29N3O3/c24-19(23-11-9-20(10-12-23)25-13-14-26-20)18-8-7-17(15-21-18)22-16-5-3-1-2-4-6-16/h7-8,15-16,22H,1-6,9-14H2. The van der Waals surface area contributed by atoms with E-state index in [1.165, 1.54) is 38.5 Å². The Morgan fingerprint density at radius 2 is 1.77 bits per heavy atom. The topological polar surface area (TPSA) is 63.7 Å². The Kier molecular flexibility index (Phi) is 5.41. The Hall–Kier alpha value is -1.66. The molecule has 1 saturated carbocycles. The van der Waals surface area contributed by atoms with Crippen LogP contribution in [-0.4, -0.2) is 53.9 Å². The third-order valence-electron chi connectivity index (χ3n) is 5.83. The Morgan fingerprint density at radius 1 is 1.08 bits per heavy atom. The minimum Gasteiger partial charge on any atom is -0.381 e. The van der Waals surface area contributed by atoms with E-state index in [9.17, 15) is 4.79 Å². The molecule has 0 aromatic carbocycles. The summed E-state index contributed by atoms with van der Waals surface area (Å²) in [5, 5.41) is 3.58. The van der Waals surface area contributed by atoms with Crippen LogP contribution in [0, 0.1) is 0 Å². The van der Waals surface area contributed by atoms with Gasteiger partial charge >= 0.3 is 0 Å². The predicted octanol–water partition coefficient (Wildman–Crippen LogP) is 3.20. The molecule has 1 N–H and O–H groups in total. The molecule has 1 amide bonds. The van der Waals surface area contributed by atoms with Gasteiger partial charge in [0.1, 0.15) is 5.69 Å². The van der Waals surface area contributed by atoms with E-state index in [1.54, 1.807) is 6.20 Å². The lowest BCUT2D eigenvalue weighted by molar-refractivity contribution is -0.181. The summed E-state index contributed by atoms with van der Waals surface area (Å²) in [6.45, 7) is 2.63. The number of likely N-dealkylation sites (tertiary alicyclic amines) is 1. The maximum atomic E-state index is 12.7. The van der Waals surface area contributed by atoms with E-state index in [2.05, 4.69) is 10.3 Å².